The number of amides is 3. The first-order valence-corrected chi connectivity index (χ1v) is 9.71. The molecule has 1 aliphatic rings. The summed E-state index contributed by atoms with van der Waals surface area (Å²) in [4.78, 5) is 26.9. The van der Waals surface area contributed by atoms with E-state index in [0.717, 1.165) is 0 Å². The second kappa shape index (κ2) is 9.75. The predicted molar refractivity (Wildman–Crippen MR) is 109 cm³/mol. The molecule has 0 bridgehead atoms. The summed E-state index contributed by atoms with van der Waals surface area (Å²) >= 11 is 0. The third kappa shape index (κ3) is 5.36. The molecule has 2 rings (SSSR count). The lowest BCUT2D eigenvalue weighted by Gasteiger charge is -2.37. The zero-order valence-corrected chi connectivity index (χ0v) is 17.3. The normalized spacial score (nSPS) is 20.7. The van der Waals surface area contributed by atoms with E-state index in [2.05, 4.69) is 16.0 Å². The van der Waals surface area contributed by atoms with Crippen molar-refractivity contribution in [2.24, 2.45) is 5.92 Å². The summed E-state index contributed by atoms with van der Waals surface area (Å²) in [5.74, 6) is 0.328. The molecule has 0 fully saturated rings. The van der Waals surface area contributed by atoms with Crippen LogP contribution in [0.5, 0.6) is 5.75 Å². The van der Waals surface area contributed by atoms with Crippen molar-refractivity contribution < 1.29 is 19.4 Å². The molecule has 0 spiro atoms. The summed E-state index contributed by atoms with van der Waals surface area (Å²) in [7, 11) is 1.86. The van der Waals surface area contributed by atoms with Gasteiger partial charge in [-0.05, 0) is 46.0 Å². The second-order valence-corrected chi connectivity index (χ2v) is 7.64. The third-order valence-electron chi connectivity index (χ3n) is 4.75. The van der Waals surface area contributed by atoms with E-state index in [1.54, 1.807) is 23.1 Å². The molecule has 1 aromatic rings. The van der Waals surface area contributed by atoms with Gasteiger partial charge in [0.05, 0.1) is 18.2 Å². The number of carbonyl (C=O) groups excluding carboxylic acids is 2. The molecular formula is C20H32N4O4. The maximum Gasteiger partial charge on any atom is 0.319 e. The number of ether oxygens (including phenoxy) is 1. The summed E-state index contributed by atoms with van der Waals surface area (Å²) in [6, 6.07) is 4.39. The first-order chi connectivity index (χ1) is 13.3. The summed E-state index contributed by atoms with van der Waals surface area (Å²) in [5, 5.41) is 18.3. The van der Waals surface area contributed by atoms with Gasteiger partial charge in [-0.3, -0.25) is 4.79 Å². The Morgan fingerprint density at radius 3 is 2.68 bits per heavy atom. The first kappa shape index (κ1) is 22.0. The molecule has 0 aliphatic carbocycles. The van der Waals surface area contributed by atoms with Crippen LogP contribution in [0.3, 0.4) is 0 Å². The second-order valence-electron chi connectivity index (χ2n) is 7.64. The Morgan fingerprint density at radius 2 is 2.07 bits per heavy atom. The van der Waals surface area contributed by atoms with Gasteiger partial charge in [0.1, 0.15) is 11.9 Å². The van der Waals surface area contributed by atoms with E-state index in [0.29, 0.717) is 30.1 Å². The SMILES string of the molecule is CNC[C@@H]1Oc2ccc(NC(=O)NC(C)C)cc2C(=O)N([C@@H](C)CO)C[C@H]1C. The Balaban J connectivity index is 2.39. The number of hydrogen-bond donors (Lipinski definition) is 4. The molecule has 1 aliphatic heterocycles. The van der Waals surface area contributed by atoms with E-state index >= 15 is 0 Å². The molecule has 156 valence electrons. The number of anilines is 1. The minimum atomic E-state index is -0.337. The largest absolute Gasteiger partial charge is 0.488 e. The van der Waals surface area contributed by atoms with Gasteiger partial charge in [-0.2, -0.15) is 0 Å². The molecule has 4 N–H and O–H groups in total. The van der Waals surface area contributed by atoms with Crippen molar-refractivity contribution in [1.82, 2.24) is 15.5 Å². The van der Waals surface area contributed by atoms with Crippen molar-refractivity contribution in [2.45, 2.75) is 45.9 Å². The molecule has 0 aromatic heterocycles. The number of carbonyl (C=O) groups is 2. The molecule has 0 unspecified atom stereocenters. The van der Waals surface area contributed by atoms with Crippen molar-refractivity contribution in [2.75, 3.05) is 32.1 Å². The van der Waals surface area contributed by atoms with Gasteiger partial charge >= 0.3 is 6.03 Å². The Labute approximate surface area is 166 Å². The van der Waals surface area contributed by atoms with Gasteiger partial charge in [-0.15, -0.1) is 0 Å². The van der Waals surface area contributed by atoms with Crippen LogP contribution in [0.25, 0.3) is 0 Å². The van der Waals surface area contributed by atoms with Gasteiger partial charge in [-0.25, -0.2) is 4.79 Å². The molecule has 0 saturated heterocycles. The summed E-state index contributed by atoms with van der Waals surface area (Å²) < 4.78 is 6.15. The lowest BCUT2D eigenvalue weighted by atomic mass is 9.99. The highest BCUT2D eigenvalue weighted by Gasteiger charge is 2.32. The standard InChI is InChI=1S/C20H32N4O4/c1-12(2)22-20(27)23-15-6-7-17-16(8-15)19(26)24(14(4)11-25)10-13(3)18(28-17)9-21-5/h6-8,12-14,18,21,25H,9-11H2,1-5H3,(H2,22,23,27)/t13-,14+,18+/m1/s1. The van der Waals surface area contributed by atoms with E-state index in [4.69, 9.17) is 4.74 Å². The van der Waals surface area contributed by atoms with E-state index in [1.807, 2.05) is 34.7 Å². The van der Waals surface area contributed by atoms with E-state index in [1.165, 1.54) is 0 Å². The average molecular weight is 393 g/mol. The number of likely N-dealkylation sites (N-methyl/N-ethyl adjacent to an activating group) is 1. The van der Waals surface area contributed by atoms with Gasteiger partial charge in [0.25, 0.3) is 5.91 Å². The molecule has 0 radical (unpaired) electrons. The minimum Gasteiger partial charge on any atom is -0.488 e. The van der Waals surface area contributed by atoms with Crippen molar-refractivity contribution in [3.8, 4) is 5.75 Å². The maximum absolute atomic E-state index is 13.2. The molecule has 28 heavy (non-hydrogen) atoms. The van der Waals surface area contributed by atoms with Crippen LogP contribution in [0.15, 0.2) is 18.2 Å². The Morgan fingerprint density at radius 1 is 1.36 bits per heavy atom. The van der Waals surface area contributed by atoms with Crippen molar-refractivity contribution in [3.63, 3.8) is 0 Å². The molecule has 3 atom stereocenters. The molecule has 8 nitrogen and oxygen atoms in total. The lowest BCUT2D eigenvalue weighted by molar-refractivity contribution is 0.0416. The fourth-order valence-electron chi connectivity index (χ4n) is 3.17. The quantitative estimate of drug-likeness (QED) is 0.590. The van der Waals surface area contributed by atoms with E-state index in [-0.39, 0.29) is 42.7 Å². The number of rotatable bonds is 6. The van der Waals surface area contributed by atoms with Crippen molar-refractivity contribution in [1.29, 1.82) is 0 Å². The zero-order valence-electron chi connectivity index (χ0n) is 17.3. The van der Waals surface area contributed by atoms with Crippen LogP contribution >= 0.6 is 0 Å². The van der Waals surface area contributed by atoms with Gasteiger partial charge in [-0.1, -0.05) is 6.92 Å². The zero-order chi connectivity index (χ0) is 20.8. The third-order valence-corrected chi connectivity index (χ3v) is 4.75. The van der Waals surface area contributed by atoms with Crippen LogP contribution in [-0.4, -0.2) is 66.9 Å². The van der Waals surface area contributed by atoms with Gasteiger partial charge < -0.3 is 30.7 Å². The molecule has 1 heterocycles. The van der Waals surface area contributed by atoms with Crippen LogP contribution in [0.1, 0.15) is 38.1 Å². The average Bonchev–Trinajstić information content (AvgIpc) is 2.63. The molecule has 8 heteroatoms. The number of urea groups is 1. The highest BCUT2D eigenvalue weighted by atomic mass is 16.5. The van der Waals surface area contributed by atoms with Gasteiger partial charge in [0, 0.05) is 30.7 Å². The molecule has 3 amide bonds. The van der Waals surface area contributed by atoms with Crippen molar-refractivity contribution in [3.05, 3.63) is 23.8 Å². The number of aliphatic hydroxyl groups excluding tert-OH is 1. The highest BCUT2D eigenvalue weighted by Crippen LogP contribution is 2.30. The first-order valence-electron chi connectivity index (χ1n) is 9.71. The minimum absolute atomic E-state index is 0.000935. The number of hydrogen-bond acceptors (Lipinski definition) is 5. The summed E-state index contributed by atoms with van der Waals surface area (Å²) in [5.41, 5.74) is 0.875. The molecule has 1 aromatic carbocycles. The number of nitrogens with one attached hydrogen (secondary N) is 3. The topological polar surface area (TPSA) is 103 Å². The molecule has 0 saturated carbocycles. The maximum atomic E-state index is 13.2. The van der Waals surface area contributed by atoms with Crippen LogP contribution in [0, 0.1) is 5.92 Å². The Hall–Kier alpha value is -2.32. The van der Waals surface area contributed by atoms with Crippen LogP contribution in [0.4, 0.5) is 10.5 Å². The number of fused-ring (bicyclic) bond motifs is 1. The summed E-state index contributed by atoms with van der Waals surface area (Å²) in [6.07, 6.45) is -0.131. The van der Waals surface area contributed by atoms with E-state index in [9.17, 15) is 14.7 Å². The number of nitrogens with zero attached hydrogens (tertiary/aromatic N) is 1. The van der Waals surface area contributed by atoms with Gasteiger partial charge in [0.15, 0.2) is 0 Å². The fourth-order valence-corrected chi connectivity index (χ4v) is 3.17. The highest BCUT2D eigenvalue weighted by molar-refractivity contribution is 5.99. The van der Waals surface area contributed by atoms with Gasteiger partial charge in [0.2, 0.25) is 0 Å². The van der Waals surface area contributed by atoms with Crippen LogP contribution in [-0.2, 0) is 0 Å². The molecular weight excluding hydrogens is 360 g/mol. The number of benzene rings is 1. The van der Waals surface area contributed by atoms with E-state index < -0.39 is 0 Å². The Kier molecular flexibility index (Phi) is 7.65. The summed E-state index contributed by atoms with van der Waals surface area (Å²) in [6.45, 7) is 8.57. The van der Waals surface area contributed by atoms with Crippen LogP contribution < -0.4 is 20.7 Å². The van der Waals surface area contributed by atoms with Crippen molar-refractivity contribution >= 4 is 17.6 Å². The Bertz CT molecular complexity index is 695. The smallest absolute Gasteiger partial charge is 0.319 e. The monoisotopic (exact) mass is 392 g/mol. The van der Waals surface area contributed by atoms with Crippen LogP contribution in [0.2, 0.25) is 0 Å². The fraction of sp³-hybridized carbons (Fsp3) is 0.600. The number of aliphatic hydroxyl groups is 1. The predicted octanol–water partition coefficient (Wildman–Crippen LogP) is 1.66. The lowest BCUT2D eigenvalue weighted by Crippen LogP contribution is -2.49.